The number of sulfonamides is 1. The van der Waals surface area contributed by atoms with Crippen LogP contribution in [-0.2, 0) is 31.6 Å². The second-order valence-corrected chi connectivity index (χ2v) is 9.80. The molecule has 9 nitrogen and oxygen atoms in total. The quantitative estimate of drug-likeness (QED) is 0.380. The van der Waals surface area contributed by atoms with Crippen LogP contribution in [0.2, 0.25) is 0 Å². The number of anilines is 1. The molecular weight excluding hydrogens is 456 g/mol. The Labute approximate surface area is 198 Å². The van der Waals surface area contributed by atoms with Crippen molar-refractivity contribution in [1.82, 2.24) is 14.7 Å². The number of carbonyl (C=O) groups is 1. The van der Waals surface area contributed by atoms with Crippen LogP contribution in [0.1, 0.15) is 35.7 Å². The highest BCUT2D eigenvalue weighted by atomic mass is 32.2. The van der Waals surface area contributed by atoms with E-state index in [2.05, 4.69) is 20.0 Å². The molecule has 0 amide bonds. The molecule has 2 aromatic heterocycles. The predicted molar refractivity (Wildman–Crippen MR) is 126 cm³/mol. The number of ether oxygens (including phenoxy) is 1. The summed E-state index contributed by atoms with van der Waals surface area (Å²) in [6, 6.07) is 16.9. The minimum Gasteiger partial charge on any atom is -0.480 e. The third-order valence-electron chi connectivity index (χ3n) is 5.77. The molecule has 1 saturated carbocycles. The van der Waals surface area contributed by atoms with Crippen molar-refractivity contribution in [3.05, 3.63) is 83.7 Å². The zero-order valence-corrected chi connectivity index (χ0v) is 19.5. The van der Waals surface area contributed by atoms with Gasteiger partial charge in [-0.1, -0.05) is 36.4 Å². The van der Waals surface area contributed by atoms with Crippen LogP contribution < -0.4 is 10.0 Å². The third-order valence-corrected chi connectivity index (χ3v) is 7.16. The van der Waals surface area contributed by atoms with Crippen LogP contribution in [0.15, 0.2) is 71.9 Å². The molecule has 3 aromatic rings. The number of hydrogen-bond acceptors (Lipinski definition) is 7. The molecule has 178 valence electrons. The Bertz CT molecular complexity index is 1250. The minimum atomic E-state index is -3.93. The highest BCUT2D eigenvalue weighted by Gasteiger charge is 2.44. The van der Waals surface area contributed by atoms with Gasteiger partial charge in [-0.05, 0) is 54.7 Å². The summed E-state index contributed by atoms with van der Waals surface area (Å²) < 4.78 is 34.4. The van der Waals surface area contributed by atoms with E-state index in [1.54, 1.807) is 37.4 Å². The summed E-state index contributed by atoms with van der Waals surface area (Å²) in [6.07, 6.45) is 3.72. The van der Waals surface area contributed by atoms with Gasteiger partial charge in [0.1, 0.15) is 12.4 Å². The number of nitrogens with zero attached hydrogens (tertiary/aromatic N) is 2. The number of pyridine rings is 2. The molecule has 1 aliphatic rings. The topological polar surface area (TPSA) is 131 Å². The van der Waals surface area contributed by atoms with E-state index < -0.39 is 22.0 Å². The zero-order chi connectivity index (χ0) is 24.2. The fraction of sp³-hybridized carbons (Fsp3) is 0.292. The maximum absolute atomic E-state index is 13.0. The van der Waals surface area contributed by atoms with E-state index in [9.17, 15) is 13.2 Å². The molecule has 1 unspecified atom stereocenters. The first-order valence-corrected chi connectivity index (χ1v) is 12.3. The SMILES string of the molecule is COC1(c2ccc(CC(NS(=O)(=O)c3ccccn3)c3cccc(NCC(=O)O)n3)cc2)CC1. The van der Waals surface area contributed by atoms with Crippen molar-refractivity contribution in [2.75, 3.05) is 19.0 Å². The lowest BCUT2D eigenvalue weighted by atomic mass is 10.00. The van der Waals surface area contributed by atoms with Gasteiger partial charge in [0.15, 0.2) is 5.03 Å². The highest BCUT2D eigenvalue weighted by Crippen LogP contribution is 2.48. The second-order valence-electron chi connectivity index (χ2n) is 8.14. The summed E-state index contributed by atoms with van der Waals surface area (Å²) in [5.74, 6) is -0.683. The molecule has 0 aliphatic heterocycles. The number of aliphatic carboxylic acids is 1. The lowest BCUT2D eigenvalue weighted by Crippen LogP contribution is -2.31. The van der Waals surface area contributed by atoms with Gasteiger partial charge in [-0.2, -0.15) is 0 Å². The third kappa shape index (κ3) is 5.58. The number of carboxylic acids is 1. The lowest BCUT2D eigenvalue weighted by Gasteiger charge is -2.20. The number of methoxy groups -OCH3 is 1. The molecule has 34 heavy (non-hydrogen) atoms. The maximum Gasteiger partial charge on any atom is 0.322 e. The Hall–Kier alpha value is -3.34. The smallest absolute Gasteiger partial charge is 0.322 e. The summed E-state index contributed by atoms with van der Waals surface area (Å²) in [5, 5.41) is 11.6. The van der Waals surface area contributed by atoms with Gasteiger partial charge >= 0.3 is 5.97 Å². The van der Waals surface area contributed by atoms with E-state index in [1.165, 1.54) is 12.3 Å². The van der Waals surface area contributed by atoms with Crippen molar-refractivity contribution in [1.29, 1.82) is 0 Å². The van der Waals surface area contributed by atoms with Crippen LogP contribution in [0.4, 0.5) is 5.82 Å². The van der Waals surface area contributed by atoms with E-state index in [4.69, 9.17) is 9.84 Å². The van der Waals surface area contributed by atoms with E-state index in [0.29, 0.717) is 17.9 Å². The van der Waals surface area contributed by atoms with E-state index in [1.807, 2.05) is 24.3 Å². The Morgan fingerprint density at radius 1 is 1.12 bits per heavy atom. The van der Waals surface area contributed by atoms with E-state index in [0.717, 1.165) is 24.0 Å². The fourth-order valence-corrected chi connectivity index (χ4v) is 4.93. The molecular formula is C24H26N4O5S. The molecule has 10 heteroatoms. The first kappa shape index (κ1) is 23.8. The van der Waals surface area contributed by atoms with Crippen LogP contribution in [0.25, 0.3) is 0 Å². The largest absolute Gasteiger partial charge is 0.480 e. The number of hydrogen-bond donors (Lipinski definition) is 3. The van der Waals surface area contributed by atoms with Crippen molar-refractivity contribution >= 4 is 21.8 Å². The van der Waals surface area contributed by atoms with Crippen LogP contribution >= 0.6 is 0 Å². The average molecular weight is 483 g/mol. The Morgan fingerprint density at radius 2 is 1.88 bits per heavy atom. The number of rotatable bonds is 11. The van der Waals surface area contributed by atoms with Gasteiger partial charge in [0, 0.05) is 13.3 Å². The summed E-state index contributed by atoms with van der Waals surface area (Å²) >= 11 is 0. The second kappa shape index (κ2) is 9.88. The molecule has 0 bridgehead atoms. The molecule has 3 N–H and O–H groups in total. The first-order chi connectivity index (χ1) is 16.3. The highest BCUT2D eigenvalue weighted by molar-refractivity contribution is 7.89. The number of nitrogens with one attached hydrogen (secondary N) is 2. The number of carboxylic acid groups (broad SMARTS) is 1. The Kier molecular flexibility index (Phi) is 6.92. The summed E-state index contributed by atoms with van der Waals surface area (Å²) in [4.78, 5) is 19.3. The van der Waals surface area contributed by atoms with Crippen molar-refractivity contribution in [2.24, 2.45) is 0 Å². The van der Waals surface area contributed by atoms with Crippen LogP contribution in [0, 0.1) is 0 Å². The number of benzene rings is 1. The molecule has 0 saturated heterocycles. The Balaban J connectivity index is 1.61. The van der Waals surface area contributed by atoms with Crippen LogP contribution in [-0.4, -0.2) is 43.1 Å². The number of aromatic nitrogens is 2. The molecule has 1 aromatic carbocycles. The zero-order valence-electron chi connectivity index (χ0n) is 18.6. The van der Waals surface area contributed by atoms with E-state index >= 15 is 0 Å². The van der Waals surface area contributed by atoms with E-state index in [-0.39, 0.29) is 17.2 Å². The van der Waals surface area contributed by atoms with Gasteiger partial charge in [-0.15, -0.1) is 0 Å². The molecule has 2 heterocycles. The fourth-order valence-electron chi connectivity index (χ4n) is 3.77. The van der Waals surface area contributed by atoms with Gasteiger partial charge in [0.25, 0.3) is 10.0 Å². The standard InChI is InChI=1S/C24H26N4O5S/c1-33-24(12-13-24)18-10-8-17(9-11-18)15-20(28-34(31,32)22-7-2-3-14-25-22)19-5-4-6-21(27-19)26-16-23(29)30/h2-11,14,20,28H,12-13,15-16H2,1H3,(H,26,27)(H,29,30). The molecule has 1 aliphatic carbocycles. The van der Waals surface area contributed by atoms with Crippen molar-refractivity contribution in [2.45, 2.75) is 35.9 Å². The van der Waals surface area contributed by atoms with Gasteiger partial charge < -0.3 is 15.2 Å². The summed E-state index contributed by atoms with van der Waals surface area (Å²) in [5.41, 5.74) is 2.26. The Morgan fingerprint density at radius 3 is 2.50 bits per heavy atom. The van der Waals surface area contributed by atoms with Crippen LogP contribution in [0.3, 0.4) is 0 Å². The van der Waals surface area contributed by atoms with Gasteiger partial charge in [0.2, 0.25) is 0 Å². The minimum absolute atomic E-state index is 0.0914. The predicted octanol–water partition coefficient (Wildman–Crippen LogP) is 2.87. The van der Waals surface area contributed by atoms with Gasteiger partial charge in [0.05, 0.1) is 17.3 Å². The summed E-state index contributed by atoms with van der Waals surface area (Å²) in [6.45, 7) is -0.302. The maximum atomic E-state index is 13.0. The molecule has 4 rings (SSSR count). The van der Waals surface area contributed by atoms with Crippen molar-refractivity contribution < 1.29 is 23.1 Å². The molecule has 0 spiro atoms. The van der Waals surface area contributed by atoms with Gasteiger partial charge in [-0.25, -0.2) is 23.1 Å². The summed E-state index contributed by atoms with van der Waals surface area (Å²) in [7, 11) is -2.22. The monoisotopic (exact) mass is 482 g/mol. The van der Waals surface area contributed by atoms with Crippen LogP contribution in [0.5, 0.6) is 0 Å². The van der Waals surface area contributed by atoms with Crippen molar-refractivity contribution in [3.8, 4) is 0 Å². The molecule has 0 radical (unpaired) electrons. The van der Waals surface area contributed by atoms with Gasteiger partial charge in [-0.3, -0.25) is 4.79 Å². The van der Waals surface area contributed by atoms with Crippen molar-refractivity contribution in [3.63, 3.8) is 0 Å². The first-order valence-electron chi connectivity index (χ1n) is 10.8. The normalized spacial score (nSPS) is 15.4. The lowest BCUT2D eigenvalue weighted by molar-refractivity contribution is -0.134. The molecule has 1 fully saturated rings. The molecule has 1 atom stereocenters. The average Bonchev–Trinajstić information content (AvgIpc) is 3.65.